The van der Waals surface area contributed by atoms with Crippen molar-refractivity contribution >= 4 is 22.2 Å². The molecule has 0 N–H and O–H groups in total. The molecule has 6 nitrogen and oxygen atoms in total. The summed E-state index contributed by atoms with van der Waals surface area (Å²) in [6, 6.07) is 0.596. The molecule has 24 heavy (non-hydrogen) atoms. The zero-order chi connectivity index (χ0) is 16.5. The number of amides is 1. The molecule has 2 aliphatic rings. The average molecular weight is 348 g/mol. The van der Waals surface area contributed by atoms with E-state index in [9.17, 15) is 4.79 Å². The van der Waals surface area contributed by atoms with Crippen LogP contribution in [0.4, 0.5) is 0 Å². The molecule has 2 saturated heterocycles. The van der Waals surface area contributed by atoms with Gasteiger partial charge in [0.1, 0.15) is 0 Å². The van der Waals surface area contributed by atoms with E-state index in [2.05, 4.69) is 16.8 Å². The van der Waals surface area contributed by atoms with Crippen molar-refractivity contribution in [3.63, 3.8) is 0 Å². The van der Waals surface area contributed by atoms with Gasteiger partial charge in [0, 0.05) is 50.0 Å². The maximum atomic E-state index is 12.5. The maximum absolute atomic E-state index is 12.5. The molecule has 0 aromatic carbocycles. The molecule has 1 amide bonds. The molecular formula is C17H24N4O2S. The smallest absolute Gasteiger partial charge is 0.228 e. The fourth-order valence-electron chi connectivity index (χ4n) is 3.79. The van der Waals surface area contributed by atoms with Crippen LogP contribution in [0.25, 0.3) is 4.96 Å². The molecule has 2 fully saturated rings. The standard InChI is InChI=1S/C17H24N4O2S/c1-13-11-20(6-8-23-13)15-2-4-19(5-3-15)16(22)10-14-12-21-7-9-24-17(21)18-14/h7,9,12-13,15H,2-6,8,10-11H2,1H3/t13-/m1/s1. The molecule has 4 rings (SSSR count). The Hall–Kier alpha value is -1.44. The minimum atomic E-state index is 0.203. The van der Waals surface area contributed by atoms with Crippen molar-refractivity contribution in [3.8, 4) is 0 Å². The second-order valence-electron chi connectivity index (χ2n) is 6.79. The third kappa shape index (κ3) is 3.34. The largest absolute Gasteiger partial charge is 0.376 e. The predicted octanol–water partition coefficient (Wildman–Crippen LogP) is 1.65. The molecule has 0 radical (unpaired) electrons. The van der Waals surface area contributed by atoms with Crippen LogP contribution in [-0.4, -0.2) is 70.0 Å². The molecule has 0 bridgehead atoms. The fraction of sp³-hybridized carbons (Fsp3) is 0.647. The number of ether oxygens (including phenoxy) is 1. The van der Waals surface area contributed by atoms with Crippen molar-refractivity contribution < 1.29 is 9.53 Å². The maximum Gasteiger partial charge on any atom is 0.228 e. The Morgan fingerprint density at radius 2 is 2.21 bits per heavy atom. The third-order valence-corrected chi connectivity index (χ3v) is 5.85. The van der Waals surface area contributed by atoms with E-state index in [1.54, 1.807) is 11.3 Å². The number of aromatic nitrogens is 2. The van der Waals surface area contributed by atoms with Crippen LogP contribution < -0.4 is 0 Å². The molecule has 0 aliphatic carbocycles. The second-order valence-corrected chi connectivity index (χ2v) is 7.66. The minimum Gasteiger partial charge on any atom is -0.376 e. The Morgan fingerprint density at radius 1 is 1.38 bits per heavy atom. The van der Waals surface area contributed by atoms with E-state index in [4.69, 9.17) is 4.74 Å². The van der Waals surface area contributed by atoms with Gasteiger partial charge in [0.25, 0.3) is 0 Å². The molecule has 130 valence electrons. The van der Waals surface area contributed by atoms with Gasteiger partial charge in [0.2, 0.25) is 5.91 Å². The molecule has 2 aromatic rings. The lowest BCUT2D eigenvalue weighted by Crippen LogP contribution is -2.52. The number of imidazole rings is 1. The van der Waals surface area contributed by atoms with Gasteiger partial charge in [-0.15, -0.1) is 11.3 Å². The fourth-order valence-corrected chi connectivity index (χ4v) is 4.50. The highest BCUT2D eigenvalue weighted by Gasteiger charge is 2.29. The lowest BCUT2D eigenvalue weighted by molar-refractivity contribution is -0.132. The first-order valence-electron chi connectivity index (χ1n) is 8.73. The number of nitrogens with zero attached hydrogens (tertiary/aromatic N) is 4. The van der Waals surface area contributed by atoms with Crippen molar-refractivity contribution in [1.29, 1.82) is 0 Å². The van der Waals surface area contributed by atoms with Crippen molar-refractivity contribution in [2.45, 2.75) is 38.3 Å². The van der Waals surface area contributed by atoms with Gasteiger partial charge in [-0.05, 0) is 19.8 Å². The number of likely N-dealkylation sites (tertiary alicyclic amines) is 1. The van der Waals surface area contributed by atoms with Crippen LogP contribution in [-0.2, 0) is 16.0 Å². The highest BCUT2D eigenvalue weighted by atomic mass is 32.1. The molecule has 1 atom stereocenters. The first-order chi connectivity index (χ1) is 11.7. The molecule has 0 spiro atoms. The van der Waals surface area contributed by atoms with Gasteiger partial charge in [-0.2, -0.15) is 0 Å². The van der Waals surface area contributed by atoms with Gasteiger partial charge in [-0.3, -0.25) is 14.1 Å². The van der Waals surface area contributed by atoms with Crippen LogP contribution in [0, 0.1) is 0 Å². The molecule has 2 aromatic heterocycles. The van der Waals surface area contributed by atoms with Crippen LogP contribution in [0.2, 0.25) is 0 Å². The van der Waals surface area contributed by atoms with Crippen LogP contribution in [0.3, 0.4) is 0 Å². The Bertz CT molecular complexity index is 676. The summed E-state index contributed by atoms with van der Waals surface area (Å²) in [6.45, 7) is 6.73. The van der Waals surface area contributed by atoms with Crippen LogP contribution in [0.1, 0.15) is 25.5 Å². The normalized spacial score (nSPS) is 23.9. The Morgan fingerprint density at radius 3 is 2.96 bits per heavy atom. The van der Waals surface area contributed by atoms with Crippen molar-refractivity contribution in [3.05, 3.63) is 23.5 Å². The summed E-state index contributed by atoms with van der Waals surface area (Å²) >= 11 is 1.60. The van der Waals surface area contributed by atoms with Crippen molar-refractivity contribution in [2.75, 3.05) is 32.8 Å². The van der Waals surface area contributed by atoms with Gasteiger partial charge in [-0.25, -0.2) is 4.98 Å². The predicted molar refractivity (Wildman–Crippen MR) is 93.4 cm³/mol. The molecule has 2 aliphatic heterocycles. The summed E-state index contributed by atoms with van der Waals surface area (Å²) in [5.74, 6) is 0.203. The first kappa shape index (κ1) is 16.1. The topological polar surface area (TPSA) is 50.1 Å². The van der Waals surface area contributed by atoms with Crippen molar-refractivity contribution in [1.82, 2.24) is 19.2 Å². The molecule has 0 saturated carbocycles. The summed E-state index contributed by atoms with van der Waals surface area (Å²) in [7, 11) is 0. The van der Waals surface area contributed by atoms with Crippen LogP contribution >= 0.6 is 11.3 Å². The lowest BCUT2D eigenvalue weighted by atomic mass is 10.0. The summed E-state index contributed by atoms with van der Waals surface area (Å²) in [5, 5.41) is 2.01. The van der Waals surface area contributed by atoms with E-state index in [-0.39, 0.29) is 5.91 Å². The third-order valence-electron chi connectivity index (χ3n) is 5.08. The lowest BCUT2D eigenvalue weighted by Gasteiger charge is -2.41. The summed E-state index contributed by atoms with van der Waals surface area (Å²) in [6.07, 6.45) is 6.82. The summed E-state index contributed by atoms with van der Waals surface area (Å²) < 4.78 is 7.61. The number of piperidine rings is 1. The van der Waals surface area contributed by atoms with Gasteiger partial charge >= 0.3 is 0 Å². The van der Waals surface area contributed by atoms with E-state index in [1.807, 2.05) is 27.1 Å². The minimum absolute atomic E-state index is 0.203. The number of fused-ring (bicyclic) bond motifs is 1. The zero-order valence-corrected chi connectivity index (χ0v) is 14.9. The number of carbonyl (C=O) groups excluding carboxylic acids is 1. The first-order valence-corrected chi connectivity index (χ1v) is 9.61. The van der Waals surface area contributed by atoms with E-state index >= 15 is 0 Å². The van der Waals surface area contributed by atoms with E-state index in [0.29, 0.717) is 18.6 Å². The van der Waals surface area contributed by atoms with E-state index in [0.717, 1.165) is 56.3 Å². The molecular weight excluding hydrogens is 324 g/mol. The summed E-state index contributed by atoms with van der Waals surface area (Å²) in [5.41, 5.74) is 0.871. The SMILES string of the molecule is C[C@@H]1CN(C2CCN(C(=O)Cc3cn4ccsc4n3)CC2)CCO1. The van der Waals surface area contributed by atoms with Crippen LogP contribution in [0.15, 0.2) is 17.8 Å². The number of morpholine rings is 1. The van der Waals surface area contributed by atoms with E-state index < -0.39 is 0 Å². The molecule has 4 heterocycles. The average Bonchev–Trinajstić information content (AvgIpc) is 3.16. The molecule has 7 heteroatoms. The number of thiazole rings is 1. The second kappa shape index (κ2) is 6.82. The Kier molecular flexibility index (Phi) is 4.56. The Balaban J connectivity index is 1.30. The molecule has 0 unspecified atom stereocenters. The quantitative estimate of drug-likeness (QED) is 0.846. The number of carbonyl (C=O) groups is 1. The van der Waals surface area contributed by atoms with Crippen LogP contribution in [0.5, 0.6) is 0 Å². The highest BCUT2D eigenvalue weighted by molar-refractivity contribution is 7.15. The van der Waals surface area contributed by atoms with Crippen molar-refractivity contribution in [2.24, 2.45) is 0 Å². The van der Waals surface area contributed by atoms with Gasteiger partial charge < -0.3 is 9.64 Å². The number of hydrogen-bond acceptors (Lipinski definition) is 5. The number of rotatable bonds is 3. The highest BCUT2D eigenvalue weighted by Crippen LogP contribution is 2.20. The zero-order valence-electron chi connectivity index (χ0n) is 14.1. The van der Waals surface area contributed by atoms with Gasteiger partial charge in [0.15, 0.2) is 4.96 Å². The van der Waals surface area contributed by atoms with E-state index in [1.165, 1.54) is 0 Å². The van der Waals surface area contributed by atoms with Gasteiger partial charge in [0.05, 0.1) is 24.8 Å². The monoisotopic (exact) mass is 348 g/mol. The Labute approximate surface area is 146 Å². The summed E-state index contributed by atoms with van der Waals surface area (Å²) in [4.78, 5) is 22.6. The number of hydrogen-bond donors (Lipinski definition) is 0. The van der Waals surface area contributed by atoms with Gasteiger partial charge in [-0.1, -0.05) is 0 Å².